The Morgan fingerprint density at radius 3 is 2.90 bits per heavy atom. The maximum absolute atomic E-state index is 5.86. The number of benzene rings is 1. The smallest absolute Gasteiger partial charge is 0.127 e. The van der Waals surface area contributed by atoms with Crippen LogP contribution in [0.4, 0.5) is 5.82 Å². The quantitative estimate of drug-likeness (QED) is 0.845. The summed E-state index contributed by atoms with van der Waals surface area (Å²) in [6, 6.07) is 9.96. The van der Waals surface area contributed by atoms with Crippen LogP contribution in [0.25, 0.3) is 10.9 Å². The Hall–Kier alpha value is -1.68. The highest BCUT2D eigenvalue weighted by molar-refractivity contribution is 7.80. The fraction of sp³-hybridized carbons (Fsp3) is 0.412. The lowest BCUT2D eigenvalue weighted by atomic mass is 9.98. The Morgan fingerprint density at radius 1 is 1.38 bits per heavy atom. The highest BCUT2D eigenvalue weighted by Gasteiger charge is 2.23. The number of thiocarbonyl (C=S) groups is 1. The zero-order chi connectivity index (χ0) is 14.8. The predicted molar refractivity (Wildman–Crippen MR) is 92.6 cm³/mol. The minimum Gasteiger partial charge on any atom is -0.389 e. The molecule has 1 saturated carbocycles. The van der Waals surface area contributed by atoms with Gasteiger partial charge in [-0.05, 0) is 30.4 Å². The number of nitrogens with zero attached hydrogens (tertiary/aromatic N) is 1. The summed E-state index contributed by atoms with van der Waals surface area (Å²) in [5, 5.41) is 4.50. The number of rotatable bonds is 4. The van der Waals surface area contributed by atoms with E-state index in [9.17, 15) is 0 Å². The van der Waals surface area contributed by atoms with Gasteiger partial charge in [-0.15, -0.1) is 0 Å². The molecule has 0 bridgehead atoms. The van der Waals surface area contributed by atoms with Crippen molar-refractivity contribution in [3.05, 3.63) is 35.9 Å². The van der Waals surface area contributed by atoms with Gasteiger partial charge < -0.3 is 11.1 Å². The van der Waals surface area contributed by atoms with Crippen molar-refractivity contribution in [1.29, 1.82) is 0 Å². The molecule has 21 heavy (non-hydrogen) atoms. The topological polar surface area (TPSA) is 50.9 Å². The van der Waals surface area contributed by atoms with Gasteiger partial charge in [0.2, 0.25) is 0 Å². The summed E-state index contributed by atoms with van der Waals surface area (Å²) in [7, 11) is 0. The average Bonchev–Trinajstić information content (AvgIpc) is 2.89. The molecule has 1 aromatic heterocycles. The van der Waals surface area contributed by atoms with E-state index in [1.807, 2.05) is 30.3 Å². The molecule has 1 aromatic carbocycles. The van der Waals surface area contributed by atoms with E-state index in [4.69, 9.17) is 18.0 Å². The molecule has 1 fully saturated rings. The van der Waals surface area contributed by atoms with Gasteiger partial charge in [-0.3, -0.25) is 0 Å². The Kier molecular flexibility index (Phi) is 4.06. The van der Waals surface area contributed by atoms with E-state index in [1.165, 1.54) is 19.3 Å². The molecule has 3 N–H and O–H groups in total. The fourth-order valence-electron chi connectivity index (χ4n) is 3.23. The second-order valence-corrected chi connectivity index (χ2v) is 6.43. The van der Waals surface area contributed by atoms with Crippen molar-refractivity contribution in [3.63, 3.8) is 0 Å². The van der Waals surface area contributed by atoms with Crippen molar-refractivity contribution in [3.8, 4) is 0 Å². The molecule has 0 radical (unpaired) electrons. The Bertz CT molecular complexity index is 668. The molecule has 1 heterocycles. The first-order valence-corrected chi connectivity index (χ1v) is 7.99. The summed E-state index contributed by atoms with van der Waals surface area (Å²) in [4.78, 5) is 5.10. The molecule has 1 aliphatic rings. The molecule has 3 nitrogen and oxygen atoms in total. The Morgan fingerprint density at radius 2 is 2.19 bits per heavy atom. The molecular formula is C17H21N3S. The average molecular weight is 299 g/mol. The number of hydrogen-bond acceptors (Lipinski definition) is 3. The maximum atomic E-state index is 5.86. The van der Waals surface area contributed by atoms with E-state index in [-0.39, 0.29) is 0 Å². The van der Waals surface area contributed by atoms with Crippen molar-refractivity contribution in [2.75, 3.05) is 11.9 Å². The van der Waals surface area contributed by atoms with Gasteiger partial charge in [-0.1, -0.05) is 50.2 Å². The molecule has 3 rings (SSSR count). The van der Waals surface area contributed by atoms with Gasteiger partial charge in [0.1, 0.15) is 10.8 Å². The molecule has 2 atom stereocenters. The molecule has 2 unspecified atom stereocenters. The summed E-state index contributed by atoms with van der Waals surface area (Å²) >= 11 is 5.18. The maximum Gasteiger partial charge on any atom is 0.127 e. The Labute approximate surface area is 130 Å². The van der Waals surface area contributed by atoms with Gasteiger partial charge in [0.05, 0.1) is 5.52 Å². The van der Waals surface area contributed by atoms with Crippen LogP contribution in [0.15, 0.2) is 30.3 Å². The van der Waals surface area contributed by atoms with Crippen LogP contribution in [0.5, 0.6) is 0 Å². The number of pyridine rings is 1. The third-order valence-corrected chi connectivity index (χ3v) is 4.79. The normalized spacial score (nSPS) is 21.6. The number of aromatic nitrogens is 1. The molecule has 0 spiro atoms. The minimum atomic E-state index is 0.422. The van der Waals surface area contributed by atoms with E-state index in [1.54, 1.807) is 0 Å². The van der Waals surface area contributed by atoms with Gasteiger partial charge >= 0.3 is 0 Å². The molecule has 110 valence electrons. The molecule has 4 heteroatoms. The molecular weight excluding hydrogens is 278 g/mol. The summed E-state index contributed by atoms with van der Waals surface area (Å²) in [5.41, 5.74) is 7.70. The third-order valence-electron chi connectivity index (χ3n) is 4.57. The lowest BCUT2D eigenvalue weighted by Gasteiger charge is -2.17. The molecule has 0 aliphatic heterocycles. The van der Waals surface area contributed by atoms with Crippen LogP contribution in [-0.2, 0) is 0 Å². The lowest BCUT2D eigenvalue weighted by molar-refractivity contribution is 0.439. The van der Waals surface area contributed by atoms with Crippen molar-refractivity contribution < 1.29 is 0 Å². The van der Waals surface area contributed by atoms with Crippen molar-refractivity contribution in [2.24, 2.45) is 17.6 Å². The van der Waals surface area contributed by atoms with Gasteiger partial charge in [-0.2, -0.15) is 0 Å². The van der Waals surface area contributed by atoms with E-state index in [0.29, 0.717) is 4.99 Å². The fourth-order valence-corrected chi connectivity index (χ4v) is 3.40. The monoisotopic (exact) mass is 299 g/mol. The largest absolute Gasteiger partial charge is 0.389 e. The number of anilines is 1. The highest BCUT2D eigenvalue weighted by atomic mass is 32.1. The molecule has 0 amide bonds. The Balaban J connectivity index is 1.86. The standard InChI is InChI=1S/C17H21N3S/c1-11-5-4-6-12(11)10-19-16-9-14(17(18)21)13-7-2-3-8-15(13)20-16/h2-3,7-9,11-12H,4-6,10H2,1H3,(H2,18,21)(H,19,20). The first-order chi connectivity index (χ1) is 10.1. The zero-order valence-corrected chi connectivity index (χ0v) is 13.1. The van der Waals surface area contributed by atoms with E-state index >= 15 is 0 Å². The van der Waals surface area contributed by atoms with Crippen molar-refractivity contribution in [2.45, 2.75) is 26.2 Å². The third kappa shape index (κ3) is 3.00. The first kappa shape index (κ1) is 14.3. The number of para-hydroxylation sites is 1. The first-order valence-electron chi connectivity index (χ1n) is 7.58. The van der Waals surface area contributed by atoms with Crippen LogP contribution in [0.3, 0.4) is 0 Å². The zero-order valence-electron chi connectivity index (χ0n) is 12.3. The second-order valence-electron chi connectivity index (χ2n) is 5.99. The number of nitrogens with one attached hydrogen (secondary N) is 1. The number of fused-ring (bicyclic) bond motifs is 1. The minimum absolute atomic E-state index is 0.422. The lowest BCUT2D eigenvalue weighted by Crippen LogP contribution is -2.18. The number of nitrogens with two attached hydrogens (primary N) is 1. The van der Waals surface area contributed by atoms with Gasteiger partial charge in [0, 0.05) is 17.5 Å². The van der Waals surface area contributed by atoms with Gasteiger partial charge in [0.15, 0.2) is 0 Å². The van der Waals surface area contributed by atoms with Crippen LogP contribution >= 0.6 is 12.2 Å². The van der Waals surface area contributed by atoms with E-state index < -0.39 is 0 Å². The van der Waals surface area contributed by atoms with Crippen molar-refractivity contribution >= 4 is 33.9 Å². The van der Waals surface area contributed by atoms with Crippen LogP contribution < -0.4 is 11.1 Å². The summed E-state index contributed by atoms with van der Waals surface area (Å²) in [5.74, 6) is 2.41. The molecule has 0 saturated heterocycles. The summed E-state index contributed by atoms with van der Waals surface area (Å²) < 4.78 is 0. The van der Waals surface area contributed by atoms with Crippen LogP contribution in [-0.4, -0.2) is 16.5 Å². The van der Waals surface area contributed by atoms with E-state index in [0.717, 1.165) is 40.7 Å². The van der Waals surface area contributed by atoms with Gasteiger partial charge in [-0.25, -0.2) is 4.98 Å². The van der Waals surface area contributed by atoms with Crippen LogP contribution in [0.2, 0.25) is 0 Å². The molecule has 1 aliphatic carbocycles. The number of hydrogen-bond donors (Lipinski definition) is 2. The van der Waals surface area contributed by atoms with Crippen LogP contribution in [0.1, 0.15) is 31.7 Å². The van der Waals surface area contributed by atoms with Gasteiger partial charge in [0.25, 0.3) is 0 Å². The van der Waals surface area contributed by atoms with Crippen molar-refractivity contribution in [1.82, 2.24) is 4.98 Å². The second kappa shape index (κ2) is 5.98. The highest BCUT2D eigenvalue weighted by Crippen LogP contribution is 2.31. The van der Waals surface area contributed by atoms with E-state index in [2.05, 4.69) is 17.2 Å². The predicted octanol–water partition coefficient (Wildman–Crippen LogP) is 3.72. The summed E-state index contributed by atoms with van der Waals surface area (Å²) in [6.45, 7) is 3.32. The molecule has 2 aromatic rings. The SMILES string of the molecule is CC1CCCC1CNc1cc(C(N)=S)c2ccccc2n1. The van der Waals surface area contributed by atoms with Crippen LogP contribution in [0, 0.1) is 11.8 Å². The summed E-state index contributed by atoms with van der Waals surface area (Å²) in [6.07, 6.45) is 4.00.